The second-order valence-corrected chi connectivity index (χ2v) is 18.9. The summed E-state index contributed by atoms with van der Waals surface area (Å²) >= 11 is 26.2. The van der Waals surface area contributed by atoms with Crippen LogP contribution < -0.4 is 9.47 Å². The van der Waals surface area contributed by atoms with Crippen molar-refractivity contribution in [2.45, 2.75) is 63.8 Å². The maximum atomic E-state index is 13.6. The van der Waals surface area contributed by atoms with Crippen LogP contribution >= 0.6 is 46.4 Å². The van der Waals surface area contributed by atoms with E-state index in [-0.39, 0.29) is 44.4 Å². The summed E-state index contributed by atoms with van der Waals surface area (Å²) in [4.78, 5) is 65.8. The zero-order valence-electron chi connectivity index (χ0n) is 39.2. The molecule has 0 saturated carbocycles. The van der Waals surface area contributed by atoms with Gasteiger partial charge in [0.1, 0.15) is 44.2 Å². The van der Waals surface area contributed by atoms with E-state index in [1.165, 1.54) is 4.90 Å². The molecule has 0 bridgehead atoms. The Balaban J connectivity index is 0.000000211. The monoisotopic (exact) mass is 1050 g/mol. The summed E-state index contributed by atoms with van der Waals surface area (Å²) in [7, 11) is 0. The van der Waals surface area contributed by atoms with Crippen molar-refractivity contribution >= 4 is 76.7 Å². The first-order valence-electron chi connectivity index (χ1n) is 23.3. The Bertz CT molecular complexity index is 2580. The van der Waals surface area contributed by atoms with Gasteiger partial charge in [0.2, 0.25) is 11.8 Å². The summed E-state index contributed by atoms with van der Waals surface area (Å²) in [5, 5.41) is 1.44. The highest BCUT2D eigenvalue weighted by molar-refractivity contribution is 6.37. The average Bonchev–Trinajstić information content (AvgIpc) is 3.94. The smallest absolute Gasteiger partial charge is 0.416 e. The van der Waals surface area contributed by atoms with Crippen LogP contribution in [0.2, 0.25) is 20.1 Å². The largest absolute Gasteiger partial charge is 0.489 e. The highest BCUT2D eigenvalue weighted by Crippen LogP contribution is 2.36. The Morgan fingerprint density at radius 2 is 0.889 bits per heavy atom. The Morgan fingerprint density at radius 3 is 1.22 bits per heavy atom. The predicted octanol–water partition coefficient (Wildman–Crippen LogP) is 12.8. The van der Waals surface area contributed by atoms with Crippen molar-refractivity contribution in [1.29, 1.82) is 0 Å². The van der Waals surface area contributed by atoms with E-state index in [0.717, 1.165) is 27.2 Å². The number of imide groups is 2. The number of allylic oxidation sites excluding steroid dienone is 1. The van der Waals surface area contributed by atoms with Crippen molar-refractivity contribution in [2.75, 3.05) is 13.2 Å². The van der Waals surface area contributed by atoms with Crippen LogP contribution in [0.15, 0.2) is 158 Å². The molecule has 0 aliphatic carbocycles. The molecule has 72 heavy (non-hydrogen) atoms. The van der Waals surface area contributed by atoms with Crippen LogP contribution in [0.25, 0.3) is 0 Å². The first-order chi connectivity index (χ1) is 34.9. The molecule has 0 radical (unpaired) electrons. The lowest BCUT2D eigenvalue weighted by Gasteiger charge is -2.25. The van der Waals surface area contributed by atoms with Crippen LogP contribution in [-0.2, 0) is 62.8 Å². The van der Waals surface area contributed by atoms with E-state index in [2.05, 4.69) is 6.58 Å². The van der Waals surface area contributed by atoms with E-state index in [0.29, 0.717) is 81.5 Å². The molecule has 2 heterocycles. The van der Waals surface area contributed by atoms with Crippen LogP contribution in [0.5, 0.6) is 11.5 Å². The number of carbonyl (C=O) groups excluding carboxylic acids is 5. The van der Waals surface area contributed by atoms with Crippen molar-refractivity contribution in [1.82, 2.24) is 9.80 Å². The number of hydrogen-bond donors (Lipinski definition) is 0. The molecule has 0 spiro atoms. The fraction of sp³-hybridized carbons (Fsp3) is 0.246. The minimum absolute atomic E-state index is 0.0837. The zero-order valence-corrected chi connectivity index (χ0v) is 42.2. The highest BCUT2D eigenvalue weighted by Gasteiger charge is 2.42. The molecular formula is C57H52Cl4N2O9. The van der Waals surface area contributed by atoms with Gasteiger partial charge in [-0.1, -0.05) is 174 Å². The Morgan fingerprint density at radius 1 is 0.556 bits per heavy atom. The van der Waals surface area contributed by atoms with E-state index in [9.17, 15) is 24.0 Å². The molecule has 6 aromatic rings. The molecular weight excluding hydrogens is 998 g/mol. The lowest BCUT2D eigenvalue weighted by atomic mass is 9.93. The number of aldehydes is 1. The number of ether oxygens (including phenoxy) is 4. The summed E-state index contributed by atoms with van der Waals surface area (Å²) in [6.07, 6.45) is 2.59. The second-order valence-electron chi connectivity index (χ2n) is 17.3. The number of halogens is 4. The van der Waals surface area contributed by atoms with Crippen LogP contribution in [0.3, 0.4) is 0 Å². The van der Waals surface area contributed by atoms with Crippen molar-refractivity contribution in [2.24, 2.45) is 11.8 Å². The van der Waals surface area contributed by atoms with Crippen LogP contribution in [0.1, 0.15) is 46.2 Å². The van der Waals surface area contributed by atoms with Gasteiger partial charge in [-0.25, -0.2) is 19.4 Å². The third kappa shape index (κ3) is 14.3. The topological polar surface area (TPSA) is 129 Å². The molecule has 8 rings (SSSR count). The van der Waals surface area contributed by atoms with Gasteiger partial charge in [-0.3, -0.25) is 9.59 Å². The molecule has 2 fully saturated rings. The molecule has 2 saturated heterocycles. The van der Waals surface area contributed by atoms with Gasteiger partial charge < -0.3 is 23.7 Å². The van der Waals surface area contributed by atoms with Gasteiger partial charge in [0, 0.05) is 38.3 Å². The van der Waals surface area contributed by atoms with Crippen LogP contribution in [-0.4, -0.2) is 65.4 Å². The third-order valence-corrected chi connectivity index (χ3v) is 13.5. The van der Waals surface area contributed by atoms with Crippen LogP contribution in [0, 0.1) is 11.8 Å². The average molecular weight is 1050 g/mol. The molecule has 11 nitrogen and oxygen atoms in total. The zero-order chi connectivity index (χ0) is 51.0. The number of rotatable bonds is 20. The lowest BCUT2D eigenvalue weighted by Crippen LogP contribution is -2.44. The molecule has 372 valence electrons. The Labute approximate surface area is 439 Å². The predicted molar refractivity (Wildman–Crippen MR) is 279 cm³/mol. The van der Waals surface area contributed by atoms with Crippen molar-refractivity contribution in [3.63, 3.8) is 0 Å². The quantitative estimate of drug-likeness (QED) is 0.0542. The van der Waals surface area contributed by atoms with E-state index in [4.69, 9.17) is 65.4 Å². The number of carbonyl (C=O) groups is 5. The molecule has 15 heteroatoms. The number of amides is 4. The van der Waals surface area contributed by atoms with Gasteiger partial charge >= 0.3 is 12.2 Å². The number of nitrogens with zero attached hydrogens (tertiary/aromatic N) is 2. The number of hydrogen-bond acceptors (Lipinski definition) is 9. The fourth-order valence-electron chi connectivity index (χ4n) is 8.48. The van der Waals surface area contributed by atoms with Gasteiger partial charge in [0.25, 0.3) is 0 Å². The summed E-state index contributed by atoms with van der Waals surface area (Å²) in [6.45, 7) is 4.78. The van der Waals surface area contributed by atoms with Gasteiger partial charge in [0.15, 0.2) is 0 Å². The molecule has 0 aromatic heterocycles. The normalized spacial score (nSPS) is 15.9. The van der Waals surface area contributed by atoms with Crippen molar-refractivity contribution in [3.8, 4) is 11.5 Å². The van der Waals surface area contributed by atoms with Crippen LogP contribution in [0.4, 0.5) is 9.59 Å². The summed E-state index contributed by atoms with van der Waals surface area (Å²) < 4.78 is 22.1. The molecule has 0 unspecified atom stereocenters. The fourth-order valence-corrected chi connectivity index (χ4v) is 9.72. The molecule has 0 N–H and O–H groups in total. The number of benzene rings is 6. The van der Waals surface area contributed by atoms with Gasteiger partial charge in [-0.05, 0) is 89.8 Å². The van der Waals surface area contributed by atoms with Gasteiger partial charge in [-0.15, -0.1) is 6.58 Å². The third-order valence-electron chi connectivity index (χ3n) is 12.2. The summed E-state index contributed by atoms with van der Waals surface area (Å²) in [6, 6.07) is 44.5. The number of cyclic esters (lactones) is 2. The molecule has 2 aliphatic heterocycles. The summed E-state index contributed by atoms with van der Waals surface area (Å²) in [5.41, 5.74) is 5.15. The molecule has 4 atom stereocenters. The molecule has 6 aromatic carbocycles. The Hall–Kier alpha value is -6.63. The van der Waals surface area contributed by atoms with E-state index < -0.39 is 36.0 Å². The second kappa shape index (κ2) is 26.2. The van der Waals surface area contributed by atoms with Crippen molar-refractivity contribution in [3.05, 3.63) is 212 Å². The van der Waals surface area contributed by atoms with Gasteiger partial charge in [0.05, 0.1) is 12.1 Å². The first-order valence-corrected chi connectivity index (χ1v) is 24.8. The minimum atomic E-state index is -0.822. The first kappa shape index (κ1) is 53.2. The molecule has 4 amide bonds. The maximum Gasteiger partial charge on any atom is 0.416 e. The van der Waals surface area contributed by atoms with E-state index in [1.807, 2.05) is 121 Å². The van der Waals surface area contributed by atoms with E-state index in [1.54, 1.807) is 30.3 Å². The summed E-state index contributed by atoms with van der Waals surface area (Å²) in [5.74, 6) is -1.18. The minimum Gasteiger partial charge on any atom is -0.489 e. The maximum absolute atomic E-state index is 13.6. The van der Waals surface area contributed by atoms with Crippen molar-refractivity contribution < 1.29 is 42.9 Å². The van der Waals surface area contributed by atoms with Gasteiger partial charge in [-0.2, -0.15) is 0 Å². The molecule has 2 aliphatic rings. The SMILES string of the molecule is C=CC[C@@H](Cc1c(Cl)cc(OCc2ccccc2)cc1Cl)C(=O)N1C(=O)OC[C@H]1Cc1ccccc1.O=CC[C@@H](Cc1c(Cl)cc(OCc2ccccc2)cc1Cl)C(=O)N1C(=O)OC[C@H]1Cc1ccccc1. The highest BCUT2D eigenvalue weighted by atomic mass is 35.5. The lowest BCUT2D eigenvalue weighted by molar-refractivity contribution is -0.135. The van der Waals surface area contributed by atoms with E-state index >= 15 is 0 Å². The Kier molecular flexibility index (Phi) is 19.3. The standard InChI is InChI=1S/C29H27Cl2NO4.C28H25Cl2NO5/c1-2-9-22(28(33)32-23(19-36-29(32)34)14-20-10-5-3-6-11-20)15-25-26(30)16-24(17-27(25)31)35-18-21-12-7-4-8-13-21;29-25-15-23(35-17-20-9-5-2-6-10-20)16-26(30)24(25)14-21(11-12-32)27(33)31-22(18-36-28(31)34)13-19-7-3-1-4-8-19/h2-8,10-13,16-17,22-23H,1,9,14-15,18-19H2;1-10,12,15-16,21-22H,11,13-14,17-18H2/t22-,23+;21-,22+/m00/s1.